The molecular formula is C10H21N3O2. The van der Waals surface area contributed by atoms with Gasteiger partial charge < -0.3 is 5.11 Å². The molecule has 0 spiro atoms. The molecule has 15 heavy (non-hydrogen) atoms. The standard InChI is InChI=1S/C10H21N3O2/c1-7-3-4-13(6-9(7)14)5-8(2)10(15)12-11/h7-9,14H,3-6,11H2,1-2H3,(H,12,15). The van der Waals surface area contributed by atoms with E-state index < -0.39 is 0 Å². The molecule has 1 aliphatic rings. The van der Waals surface area contributed by atoms with Crippen molar-refractivity contribution in [2.75, 3.05) is 19.6 Å². The smallest absolute Gasteiger partial charge is 0.237 e. The summed E-state index contributed by atoms with van der Waals surface area (Å²) in [6.45, 7) is 6.15. The van der Waals surface area contributed by atoms with Gasteiger partial charge in [-0.15, -0.1) is 0 Å². The number of nitrogens with zero attached hydrogens (tertiary/aromatic N) is 1. The molecule has 1 saturated heterocycles. The normalized spacial score (nSPS) is 29.9. The van der Waals surface area contributed by atoms with E-state index in [1.165, 1.54) is 0 Å². The van der Waals surface area contributed by atoms with Gasteiger partial charge in [-0.05, 0) is 18.9 Å². The SMILES string of the molecule is CC(CN1CCC(C)C(O)C1)C(=O)NN. The van der Waals surface area contributed by atoms with Gasteiger partial charge in [0.2, 0.25) is 5.91 Å². The maximum Gasteiger partial charge on any atom is 0.237 e. The van der Waals surface area contributed by atoms with Crippen molar-refractivity contribution in [1.82, 2.24) is 10.3 Å². The number of hydrogen-bond acceptors (Lipinski definition) is 4. The zero-order valence-corrected chi connectivity index (χ0v) is 9.44. The van der Waals surface area contributed by atoms with Gasteiger partial charge in [-0.2, -0.15) is 0 Å². The minimum atomic E-state index is -0.271. The Kier molecular flexibility index (Phi) is 4.50. The van der Waals surface area contributed by atoms with Crippen LogP contribution in [-0.2, 0) is 4.79 Å². The van der Waals surface area contributed by atoms with Gasteiger partial charge in [0.15, 0.2) is 0 Å². The fourth-order valence-electron chi connectivity index (χ4n) is 1.89. The van der Waals surface area contributed by atoms with Crippen molar-refractivity contribution >= 4 is 5.91 Å². The number of aliphatic hydroxyl groups excluding tert-OH is 1. The highest BCUT2D eigenvalue weighted by Gasteiger charge is 2.26. The molecule has 1 amide bonds. The van der Waals surface area contributed by atoms with Gasteiger partial charge in [0.05, 0.1) is 6.10 Å². The number of aliphatic hydroxyl groups is 1. The number of carbonyl (C=O) groups excluding carboxylic acids is 1. The highest BCUT2D eigenvalue weighted by molar-refractivity contribution is 5.77. The number of likely N-dealkylation sites (tertiary alicyclic amines) is 1. The summed E-state index contributed by atoms with van der Waals surface area (Å²) in [5, 5.41) is 9.69. The Morgan fingerprint density at radius 1 is 1.73 bits per heavy atom. The molecule has 0 aromatic rings. The van der Waals surface area contributed by atoms with Crippen LogP contribution < -0.4 is 11.3 Å². The third-order valence-corrected chi connectivity index (χ3v) is 3.12. The van der Waals surface area contributed by atoms with E-state index in [1.54, 1.807) is 0 Å². The van der Waals surface area contributed by atoms with Crippen molar-refractivity contribution in [3.05, 3.63) is 0 Å². The van der Waals surface area contributed by atoms with Gasteiger partial charge >= 0.3 is 0 Å². The van der Waals surface area contributed by atoms with Crippen molar-refractivity contribution < 1.29 is 9.90 Å². The molecule has 0 bridgehead atoms. The molecule has 3 unspecified atom stereocenters. The summed E-state index contributed by atoms with van der Waals surface area (Å²) in [7, 11) is 0. The van der Waals surface area contributed by atoms with E-state index in [4.69, 9.17) is 5.84 Å². The number of amides is 1. The van der Waals surface area contributed by atoms with Gasteiger partial charge in [-0.1, -0.05) is 13.8 Å². The molecule has 1 rings (SSSR count). The van der Waals surface area contributed by atoms with Gasteiger partial charge in [-0.25, -0.2) is 5.84 Å². The molecule has 0 saturated carbocycles. The molecule has 3 atom stereocenters. The fourth-order valence-corrected chi connectivity index (χ4v) is 1.89. The summed E-state index contributed by atoms with van der Waals surface area (Å²) in [5.74, 6) is 5.14. The second kappa shape index (κ2) is 5.44. The van der Waals surface area contributed by atoms with Crippen LogP contribution in [0.4, 0.5) is 0 Å². The van der Waals surface area contributed by atoms with E-state index in [0.29, 0.717) is 19.0 Å². The van der Waals surface area contributed by atoms with E-state index in [9.17, 15) is 9.90 Å². The molecular weight excluding hydrogens is 194 g/mol. The van der Waals surface area contributed by atoms with Crippen LogP contribution in [-0.4, -0.2) is 41.7 Å². The Bertz CT molecular complexity index is 223. The van der Waals surface area contributed by atoms with Crippen molar-refractivity contribution in [3.63, 3.8) is 0 Å². The molecule has 4 N–H and O–H groups in total. The van der Waals surface area contributed by atoms with Crippen LogP contribution >= 0.6 is 0 Å². The van der Waals surface area contributed by atoms with Crippen LogP contribution in [0.5, 0.6) is 0 Å². The first-order chi connectivity index (χ1) is 7.04. The summed E-state index contributed by atoms with van der Waals surface area (Å²) < 4.78 is 0. The maximum absolute atomic E-state index is 11.2. The van der Waals surface area contributed by atoms with Crippen molar-refractivity contribution in [2.45, 2.75) is 26.4 Å². The molecule has 5 heteroatoms. The maximum atomic E-state index is 11.2. The number of carbonyl (C=O) groups is 1. The largest absolute Gasteiger partial charge is 0.392 e. The first-order valence-electron chi connectivity index (χ1n) is 5.45. The number of hydrazine groups is 1. The lowest BCUT2D eigenvalue weighted by Crippen LogP contribution is -2.47. The van der Waals surface area contributed by atoms with Gasteiger partial charge in [0, 0.05) is 19.0 Å². The minimum absolute atomic E-state index is 0.129. The molecule has 1 aliphatic heterocycles. The Balaban J connectivity index is 2.36. The number of nitrogens with two attached hydrogens (primary N) is 1. The van der Waals surface area contributed by atoms with E-state index >= 15 is 0 Å². The van der Waals surface area contributed by atoms with Crippen LogP contribution in [0.1, 0.15) is 20.3 Å². The molecule has 1 heterocycles. The first kappa shape index (κ1) is 12.4. The fraction of sp³-hybridized carbons (Fsp3) is 0.900. The third-order valence-electron chi connectivity index (χ3n) is 3.12. The molecule has 0 aromatic carbocycles. The quantitative estimate of drug-likeness (QED) is 0.331. The van der Waals surface area contributed by atoms with Crippen molar-refractivity contribution in [1.29, 1.82) is 0 Å². The van der Waals surface area contributed by atoms with Crippen LogP contribution in [0.3, 0.4) is 0 Å². The minimum Gasteiger partial charge on any atom is -0.392 e. The summed E-state index contributed by atoms with van der Waals surface area (Å²) in [6.07, 6.45) is 0.713. The zero-order chi connectivity index (χ0) is 11.4. The Hall–Kier alpha value is -0.650. The molecule has 1 fully saturated rings. The molecule has 0 aromatic heterocycles. The molecule has 0 radical (unpaired) electrons. The summed E-state index contributed by atoms with van der Waals surface area (Å²) >= 11 is 0. The monoisotopic (exact) mass is 215 g/mol. The lowest BCUT2D eigenvalue weighted by molar-refractivity contribution is -0.125. The third kappa shape index (κ3) is 3.44. The average molecular weight is 215 g/mol. The Morgan fingerprint density at radius 3 is 2.93 bits per heavy atom. The number of β-amino-alcohol motifs (C(OH)–C–C–N with tert-alkyl or cyclic N) is 1. The number of rotatable bonds is 3. The lowest BCUT2D eigenvalue weighted by Gasteiger charge is -2.35. The number of nitrogens with one attached hydrogen (secondary N) is 1. The second-order valence-corrected chi connectivity index (χ2v) is 4.50. The summed E-state index contributed by atoms with van der Waals surface area (Å²) in [6, 6.07) is 0. The predicted molar refractivity (Wildman–Crippen MR) is 57.7 cm³/mol. The van der Waals surface area contributed by atoms with Crippen LogP contribution in [0.2, 0.25) is 0 Å². The van der Waals surface area contributed by atoms with Crippen LogP contribution in [0.25, 0.3) is 0 Å². The average Bonchev–Trinajstić information content (AvgIpc) is 2.22. The first-order valence-corrected chi connectivity index (χ1v) is 5.45. The number of piperidine rings is 1. The van der Waals surface area contributed by atoms with E-state index in [0.717, 1.165) is 13.0 Å². The van der Waals surface area contributed by atoms with Crippen molar-refractivity contribution in [3.8, 4) is 0 Å². The lowest BCUT2D eigenvalue weighted by atomic mass is 9.95. The molecule has 5 nitrogen and oxygen atoms in total. The van der Waals surface area contributed by atoms with E-state index in [1.807, 2.05) is 6.92 Å². The summed E-state index contributed by atoms with van der Waals surface area (Å²) in [4.78, 5) is 13.3. The predicted octanol–water partition coefficient (Wildman–Crippen LogP) is -0.685. The summed E-state index contributed by atoms with van der Waals surface area (Å²) in [5.41, 5.74) is 2.15. The van der Waals surface area contributed by atoms with E-state index in [-0.39, 0.29) is 17.9 Å². The Labute approximate surface area is 90.6 Å². The highest BCUT2D eigenvalue weighted by Crippen LogP contribution is 2.17. The highest BCUT2D eigenvalue weighted by atomic mass is 16.3. The topological polar surface area (TPSA) is 78.6 Å². The van der Waals surface area contributed by atoms with Crippen LogP contribution in [0.15, 0.2) is 0 Å². The molecule has 88 valence electrons. The van der Waals surface area contributed by atoms with Crippen molar-refractivity contribution in [2.24, 2.45) is 17.7 Å². The number of hydrogen-bond donors (Lipinski definition) is 3. The van der Waals surface area contributed by atoms with Crippen LogP contribution in [0, 0.1) is 11.8 Å². The second-order valence-electron chi connectivity index (χ2n) is 4.50. The van der Waals surface area contributed by atoms with E-state index in [2.05, 4.69) is 17.2 Å². The van der Waals surface area contributed by atoms with Gasteiger partial charge in [0.25, 0.3) is 0 Å². The van der Waals surface area contributed by atoms with Gasteiger partial charge in [-0.3, -0.25) is 15.1 Å². The molecule has 0 aliphatic carbocycles. The van der Waals surface area contributed by atoms with Gasteiger partial charge in [0.1, 0.15) is 0 Å². The zero-order valence-electron chi connectivity index (χ0n) is 9.44. The Morgan fingerprint density at radius 2 is 2.40 bits per heavy atom.